The molecular formula is C18H23N3S. The molecule has 3 saturated heterocycles. The Morgan fingerprint density at radius 2 is 1.95 bits per heavy atom. The van der Waals surface area contributed by atoms with Crippen LogP contribution >= 0.6 is 11.3 Å². The molecule has 1 aromatic carbocycles. The molecule has 0 aliphatic carbocycles. The number of rotatable bonds is 4. The lowest BCUT2D eigenvalue weighted by atomic mass is 9.94. The summed E-state index contributed by atoms with van der Waals surface area (Å²) in [4.78, 5) is 9.81. The minimum Gasteiger partial charge on any atom is -0.295 e. The number of hydrogen-bond acceptors (Lipinski definition) is 4. The quantitative estimate of drug-likeness (QED) is 0.864. The summed E-state index contributed by atoms with van der Waals surface area (Å²) in [6.07, 6.45) is 4.67. The summed E-state index contributed by atoms with van der Waals surface area (Å²) in [5, 5.41) is 3.35. The van der Waals surface area contributed by atoms with Gasteiger partial charge in [-0.3, -0.25) is 9.80 Å². The predicted molar refractivity (Wildman–Crippen MR) is 90.8 cm³/mol. The van der Waals surface area contributed by atoms with Crippen LogP contribution in [0, 0.1) is 5.92 Å². The smallest absolute Gasteiger partial charge is 0.107 e. The molecule has 0 unspecified atom stereocenters. The van der Waals surface area contributed by atoms with Crippen LogP contribution in [0.5, 0.6) is 0 Å². The first-order valence-corrected chi connectivity index (χ1v) is 9.13. The van der Waals surface area contributed by atoms with E-state index in [0.717, 1.165) is 19.0 Å². The molecule has 116 valence electrons. The summed E-state index contributed by atoms with van der Waals surface area (Å²) in [6.45, 7) is 5.83. The van der Waals surface area contributed by atoms with E-state index in [1.54, 1.807) is 11.3 Å². The van der Waals surface area contributed by atoms with E-state index >= 15 is 0 Å². The van der Waals surface area contributed by atoms with Gasteiger partial charge in [0.2, 0.25) is 0 Å². The van der Waals surface area contributed by atoms with Crippen molar-refractivity contribution in [2.24, 2.45) is 5.92 Å². The fraction of sp³-hybridized carbons (Fsp3) is 0.500. The van der Waals surface area contributed by atoms with Gasteiger partial charge >= 0.3 is 0 Å². The summed E-state index contributed by atoms with van der Waals surface area (Å²) in [5.74, 6) is 0.822. The van der Waals surface area contributed by atoms with Gasteiger partial charge < -0.3 is 0 Å². The molecule has 3 nitrogen and oxygen atoms in total. The number of nitrogens with zero attached hydrogens (tertiary/aromatic N) is 3. The largest absolute Gasteiger partial charge is 0.295 e. The zero-order valence-electron chi connectivity index (χ0n) is 12.9. The van der Waals surface area contributed by atoms with Gasteiger partial charge in [-0.2, -0.15) is 0 Å². The van der Waals surface area contributed by atoms with Crippen LogP contribution in [0.15, 0.2) is 41.9 Å². The summed E-state index contributed by atoms with van der Waals surface area (Å²) in [6, 6.07) is 11.6. The van der Waals surface area contributed by atoms with E-state index in [1.165, 1.54) is 43.0 Å². The molecular weight excluding hydrogens is 290 g/mol. The summed E-state index contributed by atoms with van der Waals surface area (Å²) in [5.41, 5.74) is 1.45. The van der Waals surface area contributed by atoms with E-state index in [1.807, 2.05) is 6.20 Å². The highest BCUT2D eigenvalue weighted by Crippen LogP contribution is 2.30. The third-order valence-corrected chi connectivity index (χ3v) is 5.74. The van der Waals surface area contributed by atoms with Crippen molar-refractivity contribution in [3.05, 3.63) is 52.5 Å². The summed E-state index contributed by atoms with van der Waals surface area (Å²) < 4.78 is 0. The van der Waals surface area contributed by atoms with Crippen LogP contribution < -0.4 is 0 Å². The Morgan fingerprint density at radius 1 is 1.05 bits per heavy atom. The highest BCUT2D eigenvalue weighted by molar-refractivity contribution is 7.09. The molecule has 22 heavy (non-hydrogen) atoms. The lowest BCUT2D eigenvalue weighted by Gasteiger charge is -2.36. The van der Waals surface area contributed by atoms with E-state index < -0.39 is 0 Å². The van der Waals surface area contributed by atoms with Crippen molar-refractivity contribution in [2.45, 2.75) is 32.0 Å². The topological polar surface area (TPSA) is 19.4 Å². The molecule has 2 bridgehead atoms. The molecule has 0 radical (unpaired) electrons. The molecule has 3 fully saturated rings. The summed E-state index contributed by atoms with van der Waals surface area (Å²) >= 11 is 1.78. The van der Waals surface area contributed by atoms with Gasteiger partial charge in [0, 0.05) is 43.8 Å². The Morgan fingerprint density at radius 3 is 2.77 bits per heavy atom. The third kappa shape index (κ3) is 3.24. The number of benzene rings is 1. The van der Waals surface area contributed by atoms with Crippen LogP contribution in [0.1, 0.15) is 23.4 Å². The first kappa shape index (κ1) is 14.4. The summed E-state index contributed by atoms with van der Waals surface area (Å²) in [7, 11) is 0. The van der Waals surface area contributed by atoms with E-state index in [9.17, 15) is 0 Å². The first-order chi connectivity index (χ1) is 10.9. The molecule has 0 N–H and O–H groups in total. The van der Waals surface area contributed by atoms with Crippen molar-refractivity contribution < 1.29 is 0 Å². The molecule has 0 saturated carbocycles. The minimum absolute atomic E-state index is 0.707. The van der Waals surface area contributed by atoms with Gasteiger partial charge in [-0.1, -0.05) is 30.3 Å². The Kier molecular flexibility index (Phi) is 4.24. The van der Waals surface area contributed by atoms with E-state index in [0.29, 0.717) is 6.04 Å². The Balaban J connectivity index is 1.44. The van der Waals surface area contributed by atoms with E-state index in [4.69, 9.17) is 0 Å². The van der Waals surface area contributed by atoms with E-state index in [-0.39, 0.29) is 0 Å². The maximum atomic E-state index is 4.46. The third-order valence-electron chi connectivity index (χ3n) is 4.97. The van der Waals surface area contributed by atoms with Gasteiger partial charge in [-0.15, -0.1) is 11.3 Å². The van der Waals surface area contributed by atoms with Crippen molar-refractivity contribution >= 4 is 11.3 Å². The van der Waals surface area contributed by atoms with Crippen molar-refractivity contribution in [1.82, 2.24) is 14.8 Å². The average Bonchev–Trinajstić information content (AvgIpc) is 2.89. The van der Waals surface area contributed by atoms with Gasteiger partial charge in [-0.25, -0.2) is 4.98 Å². The van der Waals surface area contributed by atoms with Crippen molar-refractivity contribution in [2.75, 3.05) is 19.6 Å². The fourth-order valence-corrected chi connectivity index (χ4v) is 4.60. The molecule has 0 spiro atoms. The monoisotopic (exact) mass is 313 g/mol. The minimum atomic E-state index is 0.707. The van der Waals surface area contributed by atoms with Crippen molar-refractivity contribution in [3.8, 4) is 0 Å². The maximum absolute atomic E-state index is 4.46. The second-order valence-corrected chi connectivity index (χ2v) is 7.61. The van der Waals surface area contributed by atoms with Gasteiger partial charge in [-0.05, 0) is 24.3 Å². The maximum Gasteiger partial charge on any atom is 0.107 e. The lowest BCUT2D eigenvalue weighted by Crippen LogP contribution is -2.43. The molecule has 4 heteroatoms. The van der Waals surface area contributed by atoms with Crippen LogP contribution in [0.2, 0.25) is 0 Å². The standard InChI is InChI=1S/C18H23N3S/c1-2-4-15(5-3-1)11-21-12-16-6-7-17(21)13-20(10-16)14-18-19-8-9-22-18/h1-5,8-9,16-17H,6-7,10-14H2/t16-,17+/m0/s1. The van der Waals surface area contributed by atoms with Crippen LogP contribution in [0.4, 0.5) is 0 Å². The Labute approximate surface area is 136 Å². The molecule has 0 amide bonds. The van der Waals surface area contributed by atoms with Gasteiger partial charge in [0.15, 0.2) is 0 Å². The molecule has 2 aromatic rings. The molecule has 3 aliphatic rings. The van der Waals surface area contributed by atoms with Crippen molar-refractivity contribution in [3.63, 3.8) is 0 Å². The Bertz CT molecular complexity index is 584. The number of piperidine rings is 1. The first-order valence-electron chi connectivity index (χ1n) is 8.25. The fourth-order valence-electron chi connectivity index (χ4n) is 3.94. The number of fused-ring (bicyclic) bond motifs is 4. The van der Waals surface area contributed by atoms with E-state index in [2.05, 4.69) is 50.5 Å². The number of hydrogen-bond donors (Lipinski definition) is 0. The van der Waals surface area contributed by atoms with Crippen LogP contribution in [0.3, 0.4) is 0 Å². The molecule has 5 rings (SSSR count). The molecule has 1 aromatic heterocycles. The second kappa shape index (κ2) is 6.49. The van der Waals surface area contributed by atoms with Crippen LogP contribution in [-0.2, 0) is 13.1 Å². The van der Waals surface area contributed by atoms with Crippen LogP contribution in [0.25, 0.3) is 0 Å². The second-order valence-electron chi connectivity index (χ2n) is 6.63. The number of aromatic nitrogens is 1. The predicted octanol–water partition coefficient (Wildman–Crippen LogP) is 3.24. The zero-order chi connectivity index (χ0) is 14.8. The van der Waals surface area contributed by atoms with Gasteiger partial charge in [0.05, 0.1) is 6.54 Å². The van der Waals surface area contributed by atoms with Crippen LogP contribution in [-0.4, -0.2) is 40.5 Å². The van der Waals surface area contributed by atoms with Gasteiger partial charge in [0.1, 0.15) is 5.01 Å². The molecule has 4 heterocycles. The highest BCUT2D eigenvalue weighted by atomic mass is 32.1. The zero-order valence-corrected chi connectivity index (χ0v) is 13.7. The average molecular weight is 313 g/mol. The lowest BCUT2D eigenvalue weighted by molar-refractivity contribution is 0.123. The number of thiazole rings is 1. The molecule has 2 atom stereocenters. The highest BCUT2D eigenvalue weighted by Gasteiger charge is 2.34. The normalized spacial score (nSPS) is 26.2. The van der Waals surface area contributed by atoms with Crippen molar-refractivity contribution in [1.29, 1.82) is 0 Å². The van der Waals surface area contributed by atoms with Gasteiger partial charge in [0.25, 0.3) is 0 Å². The Hall–Kier alpha value is -1.23. The SMILES string of the molecule is c1ccc(CN2C[C@H]3CC[C@@H]2CN(Cc2nccs2)C3)cc1. The molecule has 3 aliphatic heterocycles.